The number of carbonyl (C=O) groups excluding carboxylic acids is 1. The monoisotopic (exact) mass is 738 g/mol. The number of benzene rings is 3. The summed E-state index contributed by atoms with van der Waals surface area (Å²) in [5, 5.41) is 17.4. The second-order valence-corrected chi connectivity index (χ2v) is 15.0. The van der Waals surface area contributed by atoms with E-state index in [1.807, 2.05) is 41.5 Å². The quantitative estimate of drug-likeness (QED) is 0.177. The number of nitrogens with one attached hydrogen (secondary N) is 1. The number of rotatable bonds is 2. The number of hydrogen-bond donors (Lipinski definition) is 1. The molecular formula is C40H43ClN6O4S. The Balaban J connectivity index is 1.27. The Hall–Kier alpha value is -4.29. The predicted molar refractivity (Wildman–Crippen MR) is 205 cm³/mol. The van der Waals surface area contributed by atoms with Crippen LogP contribution >= 0.6 is 23.4 Å². The molecule has 2 aliphatic rings. The molecule has 8 bridgehead atoms. The zero-order valence-electron chi connectivity index (χ0n) is 30.0. The van der Waals surface area contributed by atoms with Gasteiger partial charge in [-0.05, 0) is 80.8 Å². The van der Waals surface area contributed by atoms with Gasteiger partial charge in [0.05, 0.1) is 25.1 Å². The van der Waals surface area contributed by atoms with E-state index in [0.29, 0.717) is 50.0 Å². The smallest absolute Gasteiger partial charge is 0.354 e. The number of ether oxygens (including phenoxy) is 3. The first-order valence-electron chi connectivity index (χ1n) is 17.9. The van der Waals surface area contributed by atoms with Crippen molar-refractivity contribution >= 4 is 51.0 Å². The van der Waals surface area contributed by atoms with Crippen LogP contribution in [-0.2, 0) is 41.9 Å². The van der Waals surface area contributed by atoms with Crippen LogP contribution in [0.15, 0.2) is 59.5 Å². The summed E-state index contributed by atoms with van der Waals surface area (Å²) < 4.78 is 24.2. The fraction of sp³-hybridized carbons (Fsp3) is 0.375. The van der Waals surface area contributed by atoms with Crippen LogP contribution in [0, 0.1) is 13.8 Å². The largest absolute Gasteiger partial charge is 0.493 e. The number of esters is 1. The van der Waals surface area contributed by atoms with E-state index in [2.05, 4.69) is 53.2 Å². The van der Waals surface area contributed by atoms with E-state index in [4.69, 9.17) is 36.0 Å². The maximum absolute atomic E-state index is 13.5. The summed E-state index contributed by atoms with van der Waals surface area (Å²) in [4.78, 5) is 14.6. The van der Waals surface area contributed by atoms with Gasteiger partial charge in [-0.15, -0.1) is 11.8 Å². The molecule has 52 heavy (non-hydrogen) atoms. The zero-order chi connectivity index (χ0) is 35.9. The van der Waals surface area contributed by atoms with Crippen LogP contribution in [0.25, 0.3) is 32.8 Å². The lowest BCUT2D eigenvalue weighted by Gasteiger charge is -2.24. The van der Waals surface area contributed by atoms with Crippen molar-refractivity contribution in [1.29, 1.82) is 0 Å². The molecule has 8 rings (SSSR count). The highest BCUT2D eigenvalue weighted by molar-refractivity contribution is 7.98. The minimum absolute atomic E-state index is 0.151. The summed E-state index contributed by atoms with van der Waals surface area (Å²) in [7, 11) is 3.43. The molecule has 1 atom stereocenters. The summed E-state index contributed by atoms with van der Waals surface area (Å²) in [5.74, 6) is 1.23. The first-order valence-corrected chi connectivity index (χ1v) is 19.3. The second-order valence-electron chi connectivity index (χ2n) is 13.6. The van der Waals surface area contributed by atoms with E-state index in [9.17, 15) is 4.79 Å². The first-order chi connectivity index (χ1) is 25.3. The van der Waals surface area contributed by atoms with Crippen LogP contribution in [0.2, 0.25) is 5.02 Å². The summed E-state index contributed by atoms with van der Waals surface area (Å²) in [6.07, 6.45) is 3.54. The molecule has 1 fully saturated rings. The van der Waals surface area contributed by atoms with E-state index in [0.717, 1.165) is 96.8 Å². The summed E-state index contributed by atoms with van der Waals surface area (Å²) in [6.45, 7) is 6.85. The highest BCUT2D eigenvalue weighted by Gasteiger charge is 2.30. The van der Waals surface area contributed by atoms with Crippen molar-refractivity contribution in [1.82, 2.24) is 29.4 Å². The zero-order valence-corrected chi connectivity index (χ0v) is 31.6. The Morgan fingerprint density at radius 2 is 1.88 bits per heavy atom. The topological polar surface area (TPSA) is 97.4 Å². The third kappa shape index (κ3) is 6.38. The van der Waals surface area contributed by atoms with Crippen molar-refractivity contribution in [3.63, 3.8) is 0 Å². The molecule has 270 valence electrons. The Morgan fingerprint density at radius 1 is 1.02 bits per heavy atom. The van der Waals surface area contributed by atoms with E-state index in [1.165, 1.54) is 7.11 Å². The number of aryl methyl sites for hydroxylation is 3. The fourth-order valence-corrected chi connectivity index (χ4v) is 9.03. The van der Waals surface area contributed by atoms with Crippen molar-refractivity contribution in [3.8, 4) is 16.9 Å². The van der Waals surface area contributed by atoms with E-state index in [-0.39, 0.29) is 12.2 Å². The number of nitrogens with zero attached hydrogens (tertiary/aromatic N) is 5. The Bertz CT molecular complexity index is 2300. The molecule has 10 nitrogen and oxygen atoms in total. The van der Waals surface area contributed by atoms with Crippen LogP contribution in [0.5, 0.6) is 5.75 Å². The first kappa shape index (κ1) is 34.8. The Morgan fingerprint density at radius 3 is 2.71 bits per heavy atom. The van der Waals surface area contributed by atoms with Crippen LogP contribution in [0.3, 0.4) is 0 Å². The SMILES string of the molecule is COC(=O)c1c(C)c2c3c(Cl)ccc2n1CCCOc1cc(cc2ccccc12)SCc1cc(nn1C)CNCc1nn(C2CCCCO2)c(C)c1-3. The Kier molecular flexibility index (Phi) is 9.78. The highest BCUT2D eigenvalue weighted by atomic mass is 35.5. The van der Waals surface area contributed by atoms with Gasteiger partial charge in [0.2, 0.25) is 0 Å². The number of halogens is 1. The molecule has 0 spiro atoms. The van der Waals surface area contributed by atoms with E-state index in [1.54, 1.807) is 11.8 Å². The summed E-state index contributed by atoms with van der Waals surface area (Å²) in [6, 6.07) is 18.8. The highest BCUT2D eigenvalue weighted by Crippen LogP contribution is 2.44. The van der Waals surface area contributed by atoms with Crippen molar-refractivity contribution in [2.24, 2.45) is 7.05 Å². The van der Waals surface area contributed by atoms with Crippen molar-refractivity contribution in [3.05, 3.63) is 93.7 Å². The van der Waals surface area contributed by atoms with Crippen LogP contribution in [0.4, 0.5) is 0 Å². The number of hydrogen-bond acceptors (Lipinski definition) is 8. The molecule has 12 heteroatoms. The summed E-state index contributed by atoms with van der Waals surface area (Å²) >= 11 is 8.96. The number of thioether (sulfide) groups is 1. The van der Waals surface area contributed by atoms with Gasteiger partial charge in [-0.25, -0.2) is 9.48 Å². The van der Waals surface area contributed by atoms with Gasteiger partial charge >= 0.3 is 5.97 Å². The third-order valence-corrected chi connectivity index (χ3v) is 11.6. The molecule has 1 N–H and O–H groups in total. The maximum Gasteiger partial charge on any atom is 0.354 e. The van der Waals surface area contributed by atoms with Gasteiger partial charge in [0.15, 0.2) is 0 Å². The van der Waals surface area contributed by atoms with Crippen LogP contribution in [-0.4, -0.2) is 50.4 Å². The molecular weight excluding hydrogens is 696 g/mol. The van der Waals surface area contributed by atoms with Gasteiger partial charge in [-0.3, -0.25) is 4.68 Å². The molecule has 3 aromatic carbocycles. The van der Waals surface area contributed by atoms with Gasteiger partial charge < -0.3 is 24.1 Å². The molecule has 0 amide bonds. The van der Waals surface area contributed by atoms with Crippen molar-refractivity contribution in [2.75, 3.05) is 20.3 Å². The van der Waals surface area contributed by atoms with Crippen molar-refractivity contribution < 1.29 is 19.0 Å². The normalized spacial score (nSPS) is 17.1. The molecule has 0 radical (unpaired) electrons. The maximum atomic E-state index is 13.5. The second kappa shape index (κ2) is 14.6. The Labute approximate surface area is 312 Å². The average Bonchev–Trinajstić information content (AvgIpc) is 3.78. The molecule has 0 aliphatic carbocycles. The number of methoxy groups -OCH3 is 1. The van der Waals surface area contributed by atoms with Crippen LogP contribution in [0.1, 0.15) is 70.7 Å². The van der Waals surface area contributed by atoms with Crippen molar-refractivity contribution in [2.45, 2.75) is 76.0 Å². The molecule has 1 saturated heterocycles. The molecule has 1 unspecified atom stereocenters. The third-order valence-electron chi connectivity index (χ3n) is 10.3. The number of fused-ring (bicyclic) bond motifs is 8. The predicted octanol–water partition coefficient (Wildman–Crippen LogP) is 8.51. The average molecular weight is 739 g/mol. The lowest BCUT2D eigenvalue weighted by Crippen LogP contribution is -2.20. The van der Waals surface area contributed by atoms with Gasteiger partial charge in [-0.2, -0.15) is 10.2 Å². The number of carbonyl (C=O) groups is 1. The van der Waals surface area contributed by atoms with Crippen LogP contribution < -0.4 is 10.1 Å². The van der Waals surface area contributed by atoms with Gasteiger partial charge in [0.1, 0.15) is 17.7 Å². The lowest BCUT2D eigenvalue weighted by atomic mass is 9.96. The fourth-order valence-electron chi connectivity index (χ4n) is 7.79. The van der Waals surface area contributed by atoms with Gasteiger partial charge in [-0.1, -0.05) is 35.9 Å². The van der Waals surface area contributed by atoms with Gasteiger partial charge in [0.25, 0.3) is 0 Å². The standard InChI is InChI=1S/C40H43ClN6O4S/c1-24-36-33-14-13-31(41)38(36)37-25(2)47(35-12-7-8-16-51-35)44-32(37)22-42-21-27-19-28(45(3)43-27)23-52-29-18-26-10-5-6-11-30(26)34(20-29)50-17-9-15-46(33)39(24)40(48)49-4/h5-6,10-11,13-14,18-20,35,42H,7-9,12,15-17,21-23H2,1-4H3. The molecule has 2 aliphatic heterocycles. The molecule has 6 aromatic rings. The van der Waals surface area contributed by atoms with E-state index < -0.39 is 0 Å². The van der Waals surface area contributed by atoms with E-state index >= 15 is 0 Å². The molecule has 3 aromatic heterocycles. The van der Waals surface area contributed by atoms with Gasteiger partial charge in [0, 0.05) is 87.8 Å². The molecule has 0 saturated carbocycles. The lowest BCUT2D eigenvalue weighted by molar-refractivity contribution is -0.0408. The summed E-state index contributed by atoms with van der Waals surface area (Å²) in [5.41, 5.74) is 7.98. The minimum Gasteiger partial charge on any atom is -0.493 e. The molecule has 5 heterocycles. The minimum atomic E-state index is -0.387. The number of aromatic nitrogens is 5.